The molecule has 0 spiro atoms. The van der Waals surface area contributed by atoms with E-state index in [1.165, 1.54) is 0 Å². The number of ketones is 1. The van der Waals surface area contributed by atoms with Crippen LogP contribution in [-0.4, -0.2) is 16.9 Å². The van der Waals surface area contributed by atoms with Crippen molar-refractivity contribution < 1.29 is 9.53 Å². The largest absolute Gasteiger partial charge is 0.490 e. The van der Waals surface area contributed by atoms with Crippen molar-refractivity contribution in [3.63, 3.8) is 0 Å². The lowest BCUT2D eigenvalue weighted by molar-refractivity contribution is 0.101. The zero-order valence-electron chi connectivity index (χ0n) is 11.2. The lowest BCUT2D eigenvalue weighted by Gasteiger charge is -2.07. The molecular formula is C16H17NO2. The summed E-state index contributed by atoms with van der Waals surface area (Å²) >= 11 is 0. The Hall–Kier alpha value is -2.03. The smallest absolute Gasteiger partial charge is 0.162 e. The highest BCUT2D eigenvalue weighted by molar-refractivity contribution is 6.02. The standard InChI is InChI=1S/C16H17NO2/c1-10-16(11(2)18)15(9-17-10)12-4-3-5-14(8-12)19-13-6-7-13/h3-5,8-9,13,17H,6-7H2,1-2H3. The summed E-state index contributed by atoms with van der Waals surface area (Å²) in [5, 5.41) is 0. The highest BCUT2D eigenvalue weighted by atomic mass is 16.5. The fraction of sp³-hybridized carbons (Fsp3) is 0.312. The number of aromatic nitrogens is 1. The summed E-state index contributed by atoms with van der Waals surface area (Å²) in [6.45, 7) is 3.52. The molecule has 1 fully saturated rings. The van der Waals surface area contributed by atoms with Gasteiger partial charge < -0.3 is 9.72 Å². The number of ether oxygens (including phenoxy) is 1. The van der Waals surface area contributed by atoms with Crippen LogP contribution in [0.2, 0.25) is 0 Å². The molecule has 3 rings (SSSR count). The molecule has 1 N–H and O–H groups in total. The minimum absolute atomic E-state index is 0.0854. The van der Waals surface area contributed by atoms with Crippen molar-refractivity contribution in [3.8, 4) is 16.9 Å². The Labute approximate surface area is 112 Å². The molecule has 1 aromatic carbocycles. The second kappa shape index (κ2) is 4.57. The molecule has 0 bridgehead atoms. The monoisotopic (exact) mass is 255 g/mol. The summed E-state index contributed by atoms with van der Waals surface area (Å²) in [7, 11) is 0. The molecule has 1 heterocycles. The molecule has 0 amide bonds. The first-order valence-electron chi connectivity index (χ1n) is 6.61. The maximum absolute atomic E-state index is 11.7. The van der Waals surface area contributed by atoms with Crippen molar-refractivity contribution >= 4 is 5.78 Å². The molecular weight excluding hydrogens is 238 g/mol. The van der Waals surface area contributed by atoms with Gasteiger partial charge in [0.15, 0.2) is 5.78 Å². The molecule has 1 saturated carbocycles. The lowest BCUT2D eigenvalue weighted by Crippen LogP contribution is -1.97. The Balaban J connectivity index is 1.99. The van der Waals surface area contributed by atoms with Gasteiger partial charge in [0.2, 0.25) is 0 Å². The predicted molar refractivity (Wildman–Crippen MR) is 74.6 cm³/mol. The van der Waals surface area contributed by atoms with E-state index in [2.05, 4.69) is 4.98 Å². The molecule has 0 unspecified atom stereocenters. The van der Waals surface area contributed by atoms with E-state index in [1.807, 2.05) is 37.4 Å². The van der Waals surface area contributed by atoms with Crippen molar-refractivity contribution in [3.05, 3.63) is 41.7 Å². The van der Waals surface area contributed by atoms with Gasteiger partial charge in [0.1, 0.15) is 5.75 Å². The third kappa shape index (κ3) is 2.41. The van der Waals surface area contributed by atoms with Gasteiger partial charge in [0.25, 0.3) is 0 Å². The normalized spacial score (nSPS) is 14.4. The summed E-state index contributed by atoms with van der Waals surface area (Å²) in [6.07, 6.45) is 4.57. The van der Waals surface area contributed by atoms with E-state index in [0.717, 1.165) is 41.0 Å². The summed E-state index contributed by atoms with van der Waals surface area (Å²) in [6, 6.07) is 7.95. The van der Waals surface area contributed by atoms with Crippen molar-refractivity contribution in [1.82, 2.24) is 4.98 Å². The van der Waals surface area contributed by atoms with Crippen LogP contribution in [0.5, 0.6) is 5.75 Å². The first kappa shape index (κ1) is 12.0. The van der Waals surface area contributed by atoms with E-state index in [0.29, 0.717) is 6.10 Å². The van der Waals surface area contributed by atoms with Gasteiger partial charge in [0.05, 0.1) is 6.10 Å². The fourth-order valence-electron chi connectivity index (χ4n) is 2.32. The van der Waals surface area contributed by atoms with Crippen LogP contribution in [0.4, 0.5) is 0 Å². The lowest BCUT2D eigenvalue weighted by atomic mass is 10.0. The van der Waals surface area contributed by atoms with E-state index >= 15 is 0 Å². The molecule has 0 atom stereocenters. The van der Waals surface area contributed by atoms with Crippen LogP contribution < -0.4 is 4.74 Å². The summed E-state index contributed by atoms with van der Waals surface area (Å²) in [4.78, 5) is 14.9. The number of Topliss-reactive ketones (excluding diaryl/α,β-unsaturated/α-hetero) is 1. The molecule has 19 heavy (non-hydrogen) atoms. The van der Waals surface area contributed by atoms with Crippen molar-refractivity contribution in [1.29, 1.82) is 0 Å². The molecule has 0 aliphatic heterocycles. The van der Waals surface area contributed by atoms with E-state index in [4.69, 9.17) is 4.74 Å². The third-order valence-corrected chi connectivity index (χ3v) is 3.40. The Morgan fingerprint density at radius 2 is 2.16 bits per heavy atom. The van der Waals surface area contributed by atoms with Crippen LogP contribution in [0.1, 0.15) is 35.8 Å². The average molecular weight is 255 g/mol. The van der Waals surface area contributed by atoms with Gasteiger partial charge in [-0.2, -0.15) is 0 Å². The van der Waals surface area contributed by atoms with Gasteiger partial charge >= 0.3 is 0 Å². The van der Waals surface area contributed by atoms with E-state index in [1.54, 1.807) is 6.92 Å². The number of H-pyrrole nitrogens is 1. The number of hydrogen-bond donors (Lipinski definition) is 1. The maximum atomic E-state index is 11.7. The van der Waals surface area contributed by atoms with Crippen molar-refractivity contribution in [2.75, 3.05) is 0 Å². The van der Waals surface area contributed by atoms with E-state index < -0.39 is 0 Å². The SMILES string of the molecule is CC(=O)c1c(-c2cccc(OC3CC3)c2)c[nH]c1C. The molecule has 1 aliphatic rings. The number of aryl methyl sites for hydroxylation is 1. The van der Waals surface area contributed by atoms with Gasteiger partial charge in [-0.25, -0.2) is 0 Å². The number of hydrogen-bond acceptors (Lipinski definition) is 2. The Kier molecular flexibility index (Phi) is 2.90. The van der Waals surface area contributed by atoms with Gasteiger partial charge in [-0.3, -0.25) is 4.79 Å². The molecule has 3 heteroatoms. The van der Waals surface area contributed by atoms with Gasteiger partial charge in [-0.1, -0.05) is 12.1 Å². The molecule has 1 aliphatic carbocycles. The summed E-state index contributed by atoms with van der Waals surface area (Å²) in [5.41, 5.74) is 3.65. The number of benzene rings is 1. The van der Waals surface area contributed by atoms with Gasteiger partial charge in [-0.05, 0) is 44.4 Å². The Morgan fingerprint density at radius 3 is 2.84 bits per heavy atom. The zero-order valence-corrected chi connectivity index (χ0v) is 11.2. The first-order valence-corrected chi connectivity index (χ1v) is 6.61. The number of nitrogens with one attached hydrogen (secondary N) is 1. The fourth-order valence-corrected chi connectivity index (χ4v) is 2.32. The highest BCUT2D eigenvalue weighted by Crippen LogP contribution is 2.32. The minimum Gasteiger partial charge on any atom is -0.490 e. The molecule has 98 valence electrons. The summed E-state index contributed by atoms with van der Waals surface area (Å²) < 4.78 is 5.80. The third-order valence-electron chi connectivity index (χ3n) is 3.40. The number of carbonyl (C=O) groups is 1. The number of aromatic amines is 1. The second-order valence-corrected chi connectivity index (χ2v) is 5.10. The highest BCUT2D eigenvalue weighted by Gasteiger charge is 2.23. The average Bonchev–Trinajstić information content (AvgIpc) is 3.09. The maximum Gasteiger partial charge on any atom is 0.162 e. The van der Waals surface area contributed by atoms with Crippen molar-refractivity contribution in [2.24, 2.45) is 0 Å². The van der Waals surface area contributed by atoms with Crippen LogP contribution in [0.3, 0.4) is 0 Å². The van der Waals surface area contributed by atoms with Crippen LogP contribution in [-0.2, 0) is 0 Å². The van der Waals surface area contributed by atoms with Crippen molar-refractivity contribution in [2.45, 2.75) is 32.8 Å². The van der Waals surface area contributed by atoms with Gasteiger partial charge in [0, 0.05) is 23.0 Å². The molecule has 3 nitrogen and oxygen atoms in total. The predicted octanol–water partition coefficient (Wildman–Crippen LogP) is 3.73. The number of carbonyl (C=O) groups excluding carboxylic acids is 1. The molecule has 0 saturated heterocycles. The Bertz CT molecular complexity index is 623. The molecule has 0 radical (unpaired) electrons. The van der Waals surface area contributed by atoms with Crippen LogP contribution >= 0.6 is 0 Å². The quantitative estimate of drug-likeness (QED) is 0.846. The van der Waals surface area contributed by atoms with E-state index in [9.17, 15) is 4.79 Å². The molecule has 2 aromatic rings. The Morgan fingerprint density at radius 1 is 1.37 bits per heavy atom. The summed E-state index contributed by atoms with van der Waals surface area (Å²) in [5.74, 6) is 0.968. The minimum atomic E-state index is 0.0854. The molecule has 1 aromatic heterocycles. The zero-order chi connectivity index (χ0) is 13.4. The number of rotatable bonds is 4. The van der Waals surface area contributed by atoms with Gasteiger partial charge in [-0.15, -0.1) is 0 Å². The van der Waals surface area contributed by atoms with Crippen LogP contribution in [0.25, 0.3) is 11.1 Å². The van der Waals surface area contributed by atoms with Crippen LogP contribution in [0.15, 0.2) is 30.5 Å². The topological polar surface area (TPSA) is 42.1 Å². The van der Waals surface area contributed by atoms with E-state index in [-0.39, 0.29) is 5.78 Å². The first-order chi connectivity index (χ1) is 9.15. The second-order valence-electron chi connectivity index (χ2n) is 5.10. The van der Waals surface area contributed by atoms with Crippen LogP contribution in [0, 0.1) is 6.92 Å².